The number of pyridine rings is 1. The predicted molar refractivity (Wildman–Crippen MR) is 115 cm³/mol. The number of allylic oxidation sites excluding steroid dienone is 2. The Hall–Kier alpha value is -2.04. The van der Waals surface area contributed by atoms with E-state index in [1.807, 2.05) is 31.9 Å². The Balaban J connectivity index is 1.77. The van der Waals surface area contributed by atoms with Gasteiger partial charge >= 0.3 is 6.09 Å². The van der Waals surface area contributed by atoms with Crippen LogP contribution in [0.5, 0.6) is 0 Å². The van der Waals surface area contributed by atoms with Crippen LogP contribution < -0.4 is 4.90 Å². The molecule has 0 N–H and O–H groups in total. The monoisotopic (exact) mass is 385 g/mol. The summed E-state index contributed by atoms with van der Waals surface area (Å²) in [7, 11) is 0. The number of amides is 1. The van der Waals surface area contributed by atoms with E-state index in [1.54, 1.807) is 0 Å². The van der Waals surface area contributed by atoms with Crippen molar-refractivity contribution in [2.24, 2.45) is 5.92 Å². The van der Waals surface area contributed by atoms with E-state index in [9.17, 15) is 4.79 Å². The molecule has 1 aromatic heterocycles. The molecule has 1 amide bonds. The van der Waals surface area contributed by atoms with E-state index < -0.39 is 5.60 Å². The zero-order valence-electron chi connectivity index (χ0n) is 18.1. The summed E-state index contributed by atoms with van der Waals surface area (Å²) >= 11 is 0. The summed E-state index contributed by atoms with van der Waals surface area (Å²) in [5.41, 5.74) is 3.65. The molecular formula is C23H35N3O2. The zero-order valence-corrected chi connectivity index (χ0v) is 18.1. The van der Waals surface area contributed by atoms with Gasteiger partial charge in [-0.05, 0) is 70.1 Å². The van der Waals surface area contributed by atoms with E-state index >= 15 is 0 Å². The van der Waals surface area contributed by atoms with Crippen molar-refractivity contribution in [2.75, 3.05) is 31.1 Å². The second-order valence-electron chi connectivity index (χ2n) is 9.00. The minimum absolute atomic E-state index is 0.217. The number of unbranched alkanes of at least 4 members (excludes halogenated alkanes) is 1. The molecule has 0 atom stereocenters. The van der Waals surface area contributed by atoms with Crippen LogP contribution in [-0.2, 0) is 4.74 Å². The topological polar surface area (TPSA) is 45.7 Å². The van der Waals surface area contributed by atoms with Crippen LogP contribution in [0.15, 0.2) is 18.3 Å². The van der Waals surface area contributed by atoms with Gasteiger partial charge in [-0.3, -0.25) is 0 Å². The number of aryl methyl sites for hydroxylation is 1. The number of carbonyl (C=O) groups is 1. The van der Waals surface area contributed by atoms with Gasteiger partial charge in [0.2, 0.25) is 0 Å². The molecular weight excluding hydrogens is 350 g/mol. The van der Waals surface area contributed by atoms with Crippen LogP contribution in [0, 0.1) is 12.8 Å². The van der Waals surface area contributed by atoms with Crippen LogP contribution in [0.25, 0.3) is 5.57 Å². The summed E-state index contributed by atoms with van der Waals surface area (Å²) in [6.07, 6.45) is 8.99. The van der Waals surface area contributed by atoms with Crippen LogP contribution in [0.4, 0.5) is 10.6 Å². The second-order valence-corrected chi connectivity index (χ2v) is 9.00. The highest BCUT2D eigenvalue weighted by Gasteiger charge is 2.32. The fourth-order valence-electron chi connectivity index (χ4n) is 3.73. The quantitative estimate of drug-likeness (QED) is 0.712. The van der Waals surface area contributed by atoms with Crippen LogP contribution in [0.2, 0.25) is 0 Å². The Morgan fingerprint density at radius 3 is 2.50 bits per heavy atom. The molecule has 1 aliphatic carbocycles. The summed E-state index contributed by atoms with van der Waals surface area (Å²) in [5.74, 6) is 1.77. The lowest BCUT2D eigenvalue weighted by molar-refractivity contribution is 0.0240. The van der Waals surface area contributed by atoms with Gasteiger partial charge in [0.15, 0.2) is 0 Å². The van der Waals surface area contributed by atoms with E-state index in [-0.39, 0.29) is 6.09 Å². The van der Waals surface area contributed by atoms with Crippen molar-refractivity contribution < 1.29 is 9.53 Å². The average molecular weight is 386 g/mol. The Morgan fingerprint density at radius 1 is 1.25 bits per heavy atom. The maximum absolute atomic E-state index is 12.4. The SMILES string of the molecule is CCC/C=C(\c1c(C)ccnc1N1CCN(C(=O)OC(C)(C)C)CC1)C1CC1. The van der Waals surface area contributed by atoms with Crippen molar-refractivity contribution in [3.05, 3.63) is 29.5 Å². The Bertz CT molecular complexity index is 724. The number of piperazine rings is 1. The fourth-order valence-corrected chi connectivity index (χ4v) is 3.73. The molecule has 0 unspecified atom stereocenters. The van der Waals surface area contributed by atoms with Crippen molar-refractivity contribution in [3.63, 3.8) is 0 Å². The molecule has 154 valence electrons. The maximum atomic E-state index is 12.4. The van der Waals surface area contributed by atoms with Gasteiger partial charge in [0.05, 0.1) is 0 Å². The van der Waals surface area contributed by atoms with Crippen molar-refractivity contribution >= 4 is 17.5 Å². The first kappa shape index (κ1) is 20.7. The molecule has 1 aromatic rings. The molecule has 1 saturated heterocycles. The number of hydrogen-bond donors (Lipinski definition) is 0. The summed E-state index contributed by atoms with van der Waals surface area (Å²) < 4.78 is 5.53. The molecule has 2 fully saturated rings. The standard InChI is InChI=1S/C23H35N3O2/c1-6-7-8-19(18-9-10-18)20-17(2)11-12-24-21(20)25-13-15-26(16-14-25)22(27)28-23(3,4)5/h8,11-12,18H,6-7,9-10,13-16H2,1-5H3/b19-8-. The van der Waals surface area contributed by atoms with Gasteiger partial charge in [0.25, 0.3) is 0 Å². The molecule has 28 heavy (non-hydrogen) atoms. The second kappa shape index (κ2) is 8.54. The highest BCUT2D eigenvalue weighted by atomic mass is 16.6. The Kier molecular flexibility index (Phi) is 6.31. The largest absolute Gasteiger partial charge is 0.444 e. The third kappa shape index (κ3) is 5.06. The van der Waals surface area contributed by atoms with Crippen LogP contribution >= 0.6 is 0 Å². The molecule has 0 radical (unpaired) electrons. The molecule has 1 aliphatic heterocycles. The number of aromatic nitrogens is 1. The fraction of sp³-hybridized carbons (Fsp3) is 0.652. The lowest BCUT2D eigenvalue weighted by Gasteiger charge is -2.37. The smallest absolute Gasteiger partial charge is 0.410 e. The third-order valence-electron chi connectivity index (χ3n) is 5.33. The number of hydrogen-bond acceptors (Lipinski definition) is 4. The van der Waals surface area contributed by atoms with Crippen molar-refractivity contribution in [1.29, 1.82) is 0 Å². The molecule has 2 aliphatic rings. The van der Waals surface area contributed by atoms with E-state index in [4.69, 9.17) is 9.72 Å². The number of rotatable bonds is 5. The molecule has 5 nitrogen and oxygen atoms in total. The minimum atomic E-state index is -0.456. The highest BCUT2D eigenvalue weighted by molar-refractivity contribution is 5.79. The molecule has 0 spiro atoms. The summed E-state index contributed by atoms with van der Waals surface area (Å²) in [6.45, 7) is 13.1. The van der Waals surface area contributed by atoms with Gasteiger partial charge in [-0.15, -0.1) is 0 Å². The lowest BCUT2D eigenvalue weighted by Crippen LogP contribution is -2.50. The van der Waals surface area contributed by atoms with E-state index in [2.05, 4.69) is 30.9 Å². The highest BCUT2D eigenvalue weighted by Crippen LogP contribution is 2.45. The first-order chi connectivity index (χ1) is 13.3. The predicted octanol–water partition coefficient (Wildman–Crippen LogP) is 5.04. The third-order valence-corrected chi connectivity index (χ3v) is 5.33. The zero-order chi connectivity index (χ0) is 20.3. The molecule has 2 heterocycles. The average Bonchev–Trinajstić information content (AvgIpc) is 3.47. The molecule has 5 heteroatoms. The van der Waals surface area contributed by atoms with Crippen molar-refractivity contribution in [2.45, 2.75) is 65.9 Å². The van der Waals surface area contributed by atoms with Gasteiger partial charge < -0.3 is 14.5 Å². The van der Waals surface area contributed by atoms with E-state index in [1.165, 1.54) is 36.0 Å². The Labute approximate surface area is 169 Å². The van der Waals surface area contributed by atoms with Crippen LogP contribution in [0.3, 0.4) is 0 Å². The number of ether oxygens (including phenoxy) is 1. The van der Waals surface area contributed by atoms with Gasteiger partial charge in [-0.2, -0.15) is 0 Å². The maximum Gasteiger partial charge on any atom is 0.410 e. The molecule has 0 aromatic carbocycles. The van der Waals surface area contributed by atoms with Crippen LogP contribution in [0.1, 0.15) is 64.5 Å². The normalized spacial score (nSPS) is 18.4. The van der Waals surface area contributed by atoms with E-state index in [0.29, 0.717) is 19.0 Å². The number of carbonyl (C=O) groups excluding carboxylic acids is 1. The van der Waals surface area contributed by atoms with Crippen LogP contribution in [-0.4, -0.2) is 47.8 Å². The molecule has 0 bridgehead atoms. The first-order valence-corrected chi connectivity index (χ1v) is 10.7. The lowest BCUT2D eigenvalue weighted by atomic mass is 9.95. The van der Waals surface area contributed by atoms with Crippen molar-refractivity contribution in [1.82, 2.24) is 9.88 Å². The first-order valence-electron chi connectivity index (χ1n) is 10.7. The molecule has 1 saturated carbocycles. The van der Waals surface area contributed by atoms with E-state index in [0.717, 1.165) is 25.3 Å². The summed E-state index contributed by atoms with van der Waals surface area (Å²) in [5, 5.41) is 0. The van der Waals surface area contributed by atoms with Gasteiger partial charge in [-0.1, -0.05) is 19.4 Å². The van der Waals surface area contributed by atoms with Gasteiger partial charge in [0.1, 0.15) is 11.4 Å². The Morgan fingerprint density at radius 2 is 1.93 bits per heavy atom. The number of nitrogens with zero attached hydrogens (tertiary/aromatic N) is 3. The van der Waals surface area contributed by atoms with Gasteiger partial charge in [0, 0.05) is 37.9 Å². The van der Waals surface area contributed by atoms with Gasteiger partial charge in [-0.25, -0.2) is 9.78 Å². The number of anilines is 1. The summed E-state index contributed by atoms with van der Waals surface area (Å²) in [6, 6.07) is 2.12. The molecule has 3 rings (SSSR count). The summed E-state index contributed by atoms with van der Waals surface area (Å²) in [4.78, 5) is 21.3. The van der Waals surface area contributed by atoms with Crippen molar-refractivity contribution in [3.8, 4) is 0 Å². The minimum Gasteiger partial charge on any atom is -0.444 e.